The fourth-order valence-electron chi connectivity index (χ4n) is 4.55. The molecule has 4 heterocycles. The van der Waals surface area contributed by atoms with Crippen molar-refractivity contribution in [1.82, 2.24) is 9.88 Å². The molecular weight excluding hydrogens is 439 g/mol. The van der Waals surface area contributed by atoms with Crippen molar-refractivity contribution >= 4 is 28.7 Å². The number of amides is 1. The van der Waals surface area contributed by atoms with Crippen molar-refractivity contribution in [3.05, 3.63) is 58.9 Å². The molecule has 1 saturated heterocycles. The second-order valence-electron chi connectivity index (χ2n) is 8.74. The molecule has 1 aromatic carbocycles. The first-order valence-corrected chi connectivity index (χ1v) is 11.9. The van der Waals surface area contributed by atoms with Crippen LogP contribution in [0.2, 0.25) is 0 Å². The van der Waals surface area contributed by atoms with Crippen molar-refractivity contribution in [2.75, 3.05) is 50.6 Å². The topological polar surface area (TPSA) is 48.9 Å². The Morgan fingerprint density at radius 2 is 2.03 bits per heavy atom. The molecule has 0 aliphatic carbocycles. The summed E-state index contributed by atoms with van der Waals surface area (Å²) in [5, 5.41) is 0. The van der Waals surface area contributed by atoms with Crippen molar-refractivity contribution in [2.24, 2.45) is 0 Å². The fraction of sp³-hybridized carbons (Fsp3) is 0.360. The number of nitrogens with zero attached hydrogens (tertiary/aromatic N) is 4. The Morgan fingerprint density at radius 3 is 2.70 bits per heavy atom. The van der Waals surface area contributed by atoms with E-state index in [1.807, 2.05) is 18.2 Å². The normalized spacial score (nSPS) is 18.2. The van der Waals surface area contributed by atoms with E-state index in [4.69, 9.17) is 4.74 Å². The van der Waals surface area contributed by atoms with Crippen LogP contribution in [0.5, 0.6) is 5.75 Å². The monoisotopic (exact) mass is 466 g/mol. The highest BCUT2D eigenvalue weighted by Crippen LogP contribution is 2.38. The number of aromatic nitrogens is 1. The number of ether oxygens (including phenoxy) is 1. The van der Waals surface area contributed by atoms with Gasteiger partial charge in [-0.2, -0.15) is 0 Å². The molecule has 0 bridgehead atoms. The smallest absolute Gasteiger partial charge is 0.268 e. The summed E-state index contributed by atoms with van der Waals surface area (Å²) in [4.78, 5) is 25.7. The van der Waals surface area contributed by atoms with Gasteiger partial charge in [0.25, 0.3) is 5.91 Å². The van der Waals surface area contributed by atoms with Crippen LogP contribution in [0, 0.1) is 5.82 Å². The Kier molecular flexibility index (Phi) is 5.80. The van der Waals surface area contributed by atoms with Crippen LogP contribution in [0.15, 0.2) is 42.6 Å². The molecule has 2 aliphatic heterocycles. The van der Waals surface area contributed by atoms with Gasteiger partial charge in [0.15, 0.2) is 0 Å². The molecule has 1 amide bonds. The zero-order valence-electron chi connectivity index (χ0n) is 19.0. The second kappa shape index (κ2) is 8.76. The van der Waals surface area contributed by atoms with Crippen LogP contribution < -0.4 is 14.5 Å². The molecule has 5 rings (SSSR count). The molecule has 6 nitrogen and oxygen atoms in total. The van der Waals surface area contributed by atoms with Crippen molar-refractivity contribution in [3.63, 3.8) is 0 Å². The summed E-state index contributed by atoms with van der Waals surface area (Å²) in [5.41, 5.74) is 2.26. The van der Waals surface area contributed by atoms with E-state index in [2.05, 4.69) is 28.9 Å². The molecule has 0 unspecified atom stereocenters. The standard InChI is InChI=1S/C25H27FN4O2S/c1-28(2)18-9-10-29(15-18)23-7-4-17(14-27-23)30-11-8-16-12-22(33-24(16)25(30)31)20-6-5-19(32-3)13-21(20)26/h4-7,12-14,18H,8-11,15H2,1-3H3/t18-/m0/s1. The number of rotatable bonds is 5. The number of thiophene rings is 1. The van der Waals surface area contributed by atoms with Crippen LogP contribution in [-0.4, -0.2) is 62.7 Å². The summed E-state index contributed by atoms with van der Waals surface area (Å²) >= 11 is 1.34. The maximum absolute atomic E-state index is 14.6. The molecule has 0 radical (unpaired) electrons. The third kappa shape index (κ3) is 4.09. The first-order valence-electron chi connectivity index (χ1n) is 11.1. The summed E-state index contributed by atoms with van der Waals surface area (Å²) < 4.78 is 19.7. The van der Waals surface area contributed by atoms with E-state index in [0.29, 0.717) is 28.8 Å². The van der Waals surface area contributed by atoms with Crippen molar-refractivity contribution in [1.29, 1.82) is 0 Å². The van der Waals surface area contributed by atoms with Gasteiger partial charge in [0.2, 0.25) is 0 Å². The minimum Gasteiger partial charge on any atom is -0.497 e. The molecule has 3 aromatic rings. The first-order chi connectivity index (χ1) is 15.9. The van der Waals surface area contributed by atoms with Gasteiger partial charge in [0, 0.05) is 42.2 Å². The predicted molar refractivity (Wildman–Crippen MR) is 130 cm³/mol. The lowest BCUT2D eigenvalue weighted by Gasteiger charge is -2.27. The Bertz CT molecular complexity index is 1180. The molecule has 0 spiro atoms. The van der Waals surface area contributed by atoms with Crippen molar-refractivity contribution in [2.45, 2.75) is 18.9 Å². The number of anilines is 2. The Balaban J connectivity index is 1.35. The van der Waals surface area contributed by atoms with E-state index in [0.717, 1.165) is 47.9 Å². The first kappa shape index (κ1) is 21.9. The number of methoxy groups -OCH3 is 1. The SMILES string of the molecule is COc1ccc(-c2cc3c(s2)C(=O)N(c2ccc(N4CC[C@H](N(C)C)C4)nc2)CC3)c(F)c1. The summed E-state index contributed by atoms with van der Waals surface area (Å²) in [6.45, 7) is 2.53. The highest BCUT2D eigenvalue weighted by molar-refractivity contribution is 7.17. The Hall–Kier alpha value is -2.97. The summed E-state index contributed by atoms with van der Waals surface area (Å²) in [7, 11) is 5.73. The lowest BCUT2D eigenvalue weighted by atomic mass is 10.1. The average molecular weight is 467 g/mol. The van der Waals surface area contributed by atoms with Crippen LogP contribution >= 0.6 is 11.3 Å². The van der Waals surface area contributed by atoms with Gasteiger partial charge >= 0.3 is 0 Å². The highest BCUT2D eigenvalue weighted by atomic mass is 32.1. The zero-order valence-corrected chi connectivity index (χ0v) is 19.9. The maximum atomic E-state index is 14.6. The van der Waals surface area contributed by atoms with Crippen LogP contribution in [-0.2, 0) is 6.42 Å². The van der Waals surface area contributed by atoms with Crippen molar-refractivity contribution in [3.8, 4) is 16.2 Å². The third-order valence-electron chi connectivity index (χ3n) is 6.56. The lowest BCUT2D eigenvalue weighted by molar-refractivity contribution is 0.0985. The van der Waals surface area contributed by atoms with Gasteiger partial charge in [0.05, 0.1) is 23.9 Å². The fourth-order valence-corrected chi connectivity index (χ4v) is 5.74. The summed E-state index contributed by atoms with van der Waals surface area (Å²) in [5.74, 6) is 1.02. The van der Waals surface area contributed by atoms with E-state index in [1.54, 1.807) is 23.2 Å². The summed E-state index contributed by atoms with van der Waals surface area (Å²) in [6, 6.07) is 11.3. The molecule has 0 saturated carbocycles. The Morgan fingerprint density at radius 1 is 1.18 bits per heavy atom. The van der Waals surface area contributed by atoms with E-state index in [9.17, 15) is 9.18 Å². The number of fused-ring (bicyclic) bond motifs is 1. The number of hydrogen-bond donors (Lipinski definition) is 0. The van der Waals surface area contributed by atoms with E-state index in [-0.39, 0.29) is 11.7 Å². The number of pyridine rings is 1. The molecule has 2 aromatic heterocycles. The number of halogens is 1. The van der Waals surface area contributed by atoms with Crippen LogP contribution in [0.1, 0.15) is 21.7 Å². The number of likely N-dealkylation sites (N-methyl/N-ethyl adjacent to an activating group) is 1. The van der Waals surface area contributed by atoms with Crippen LogP contribution in [0.25, 0.3) is 10.4 Å². The number of carbonyl (C=O) groups is 1. The molecule has 2 aliphatic rings. The van der Waals surface area contributed by atoms with Gasteiger partial charge in [-0.05, 0) is 62.8 Å². The predicted octanol–water partition coefficient (Wildman–Crippen LogP) is 4.30. The molecular formula is C25H27FN4O2S. The van der Waals surface area contributed by atoms with Gasteiger partial charge in [-0.15, -0.1) is 11.3 Å². The van der Waals surface area contributed by atoms with Gasteiger partial charge in [-0.1, -0.05) is 0 Å². The zero-order chi connectivity index (χ0) is 23.1. The maximum Gasteiger partial charge on any atom is 0.268 e. The number of hydrogen-bond acceptors (Lipinski definition) is 6. The molecule has 8 heteroatoms. The average Bonchev–Trinajstić information content (AvgIpc) is 3.48. The third-order valence-corrected chi connectivity index (χ3v) is 7.76. The quantitative estimate of drug-likeness (QED) is 0.561. The number of benzene rings is 1. The minimum atomic E-state index is -0.351. The van der Waals surface area contributed by atoms with Gasteiger partial charge in [-0.3, -0.25) is 4.79 Å². The largest absolute Gasteiger partial charge is 0.497 e. The lowest BCUT2D eigenvalue weighted by Crippen LogP contribution is -2.36. The summed E-state index contributed by atoms with van der Waals surface area (Å²) in [6.07, 6.45) is 3.64. The van der Waals surface area contributed by atoms with E-state index in [1.165, 1.54) is 24.5 Å². The van der Waals surface area contributed by atoms with E-state index < -0.39 is 0 Å². The molecule has 0 N–H and O–H groups in total. The highest BCUT2D eigenvalue weighted by Gasteiger charge is 2.30. The van der Waals surface area contributed by atoms with Gasteiger partial charge < -0.3 is 19.4 Å². The van der Waals surface area contributed by atoms with Gasteiger partial charge in [0.1, 0.15) is 17.4 Å². The Labute approximate surface area is 197 Å². The molecule has 1 fully saturated rings. The molecule has 33 heavy (non-hydrogen) atoms. The van der Waals surface area contributed by atoms with Gasteiger partial charge in [-0.25, -0.2) is 9.37 Å². The van der Waals surface area contributed by atoms with Crippen LogP contribution in [0.3, 0.4) is 0 Å². The molecule has 172 valence electrons. The van der Waals surface area contributed by atoms with Crippen LogP contribution in [0.4, 0.5) is 15.9 Å². The van der Waals surface area contributed by atoms with E-state index >= 15 is 0 Å². The van der Waals surface area contributed by atoms with Crippen molar-refractivity contribution < 1.29 is 13.9 Å². The second-order valence-corrected chi connectivity index (χ2v) is 9.80. The minimum absolute atomic E-state index is 0.0511. The number of carbonyl (C=O) groups excluding carboxylic acids is 1. The molecule has 1 atom stereocenters.